The molecule has 0 radical (unpaired) electrons. The van der Waals surface area contributed by atoms with Crippen molar-refractivity contribution < 1.29 is 4.42 Å². The molecule has 2 unspecified atom stereocenters. The number of nitrogens with zero attached hydrogens (tertiary/aromatic N) is 1. The first kappa shape index (κ1) is 12.8. The summed E-state index contributed by atoms with van der Waals surface area (Å²) >= 11 is 0. The SMILES string of the molecule is CCC(C)CC(C)NCc1ccc(C#N)o1. The van der Waals surface area contributed by atoms with Crippen LogP contribution in [0.1, 0.15) is 45.1 Å². The Labute approximate surface area is 97.5 Å². The first-order chi connectivity index (χ1) is 7.65. The highest BCUT2D eigenvalue weighted by Gasteiger charge is 2.07. The number of nitriles is 1. The minimum atomic E-state index is 0.381. The summed E-state index contributed by atoms with van der Waals surface area (Å²) in [6.07, 6.45) is 2.38. The fourth-order valence-electron chi connectivity index (χ4n) is 1.66. The molecule has 0 spiro atoms. The van der Waals surface area contributed by atoms with Crippen molar-refractivity contribution in [1.82, 2.24) is 5.32 Å². The summed E-state index contributed by atoms with van der Waals surface area (Å²) in [6, 6.07) is 6.01. The topological polar surface area (TPSA) is 49.0 Å². The highest BCUT2D eigenvalue weighted by atomic mass is 16.3. The molecule has 16 heavy (non-hydrogen) atoms. The van der Waals surface area contributed by atoms with Crippen molar-refractivity contribution in [2.45, 2.75) is 46.2 Å². The van der Waals surface area contributed by atoms with Crippen molar-refractivity contribution in [1.29, 1.82) is 5.26 Å². The van der Waals surface area contributed by atoms with Crippen LogP contribution in [0.25, 0.3) is 0 Å². The Balaban J connectivity index is 2.31. The van der Waals surface area contributed by atoms with E-state index in [1.807, 2.05) is 12.1 Å². The third kappa shape index (κ3) is 4.08. The van der Waals surface area contributed by atoms with Gasteiger partial charge in [0.05, 0.1) is 6.54 Å². The summed E-state index contributed by atoms with van der Waals surface area (Å²) in [5.74, 6) is 1.95. The van der Waals surface area contributed by atoms with E-state index >= 15 is 0 Å². The van der Waals surface area contributed by atoms with Gasteiger partial charge >= 0.3 is 0 Å². The van der Waals surface area contributed by atoms with Gasteiger partial charge < -0.3 is 9.73 Å². The quantitative estimate of drug-likeness (QED) is 0.801. The molecule has 1 aromatic heterocycles. The minimum absolute atomic E-state index is 0.381. The lowest BCUT2D eigenvalue weighted by Crippen LogP contribution is -2.27. The van der Waals surface area contributed by atoms with E-state index in [9.17, 15) is 0 Å². The van der Waals surface area contributed by atoms with Gasteiger partial charge in [0.15, 0.2) is 0 Å². The molecule has 0 fully saturated rings. The van der Waals surface area contributed by atoms with Gasteiger partial charge in [-0.3, -0.25) is 0 Å². The molecule has 0 aromatic carbocycles. The summed E-state index contributed by atoms with van der Waals surface area (Å²) in [4.78, 5) is 0. The van der Waals surface area contributed by atoms with Crippen molar-refractivity contribution in [3.63, 3.8) is 0 Å². The van der Waals surface area contributed by atoms with Gasteiger partial charge in [0.2, 0.25) is 5.76 Å². The minimum Gasteiger partial charge on any atom is -0.449 e. The molecular formula is C13H20N2O. The molecule has 3 heteroatoms. The van der Waals surface area contributed by atoms with Crippen molar-refractivity contribution in [2.24, 2.45) is 5.92 Å². The molecule has 0 saturated heterocycles. The molecule has 0 amide bonds. The van der Waals surface area contributed by atoms with Crippen LogP contribution in [0, 0.1) is 17.2 Å². The normalized spacial score (nSPS) is 14.4. The van der Waals surface area contributed by atoms with E-state index in [-0.39, 0.29) is 0 Å². The molecule has 1 heterocycles. The van der Waals surface area contributed by atoms with Gasteiger partial charge in [-0.2, -0.15) is 5.26 Å². The van der Waals surface area contributed by atoms with Crippen LogP contribution in [-0.4, -0.2) is 6.04 Å². The van der Waals surface area contributed by atoms with Crippen LogP contribution in [-0.2, 0) is 6.54 Å². The average molecular weight is 220 g/mol. The lowest BCUT2D eigenvalue weighted by molar-refractivity contribution is 0.390. The fraction of sp³-hybridized carbons (Fsp3) is 0.615. The first-order valence-electron chi connectivity index (χ1n) is 5.87. The smallest absolute Gasteiger partial charge is 0.203 e. The van der Waals surface area contributed by atoms with Gasteiger partial charge in [0.25, 0.3) is 0 Å². The summed E-state index contributed by atoms with van der Waals surface area (Å²) < 4.78 is 5.29. The van der Waals surface area contributed by atoms with Gasteiger partial charge in [0, 0.05) is 6.04 Å². The summed E-state index contributed by atoms with van der Waals surface area (Å²) in [5, 5.41) is 12.0. The van der Waals surface area contributed by atoms with Crippen LogP contribution in [0.5, 0.6) is 0 Å². The van der Waals surface area contributed by atoms with Crippen LogP contribution in [0.2, 0.25) is 0 Å². The molecule has 0 aliphatic rings. The van der Waals surface area contributed by atoms with Crippen molar-refractivity contribution >= 4 is 0 Å². The summed E-state index contributed by atoms with van der Waals surface area (Å²) in [6.45, 7) is 7.35. The van der Waals surface area contributed by atoms with Crippen molar-refractivity contribution in [3.8, 4) is 6.07 Å². The van der Waals surface area contributed by atoms with E-state index < -0.39 is 0 Å². The molecule has 0 bridgehead atoms. The molecule has 0 aliphatic heterocycles. The Kier molecular flexibility index (Phi) is 5.07. The Bertz CT molecular complexity index is 351. The lowest BCUT2D eigenvalue weighted by atomic mass is 10.0. The van der Waals surface area contributed by atoms with Gasteiger partial charge in [-0.25, -0.2) is 0 Å². The molecule has 0 saturated carbocycles. The predicted octanol–water partition coefficient (Wildman–Crippen LogP) is 3.07. The molecule has 1 rings (SSSR count). The zero-order chi connectivity index (χ0) is 12.0. The van der Waals surface area contributed by atoms with Crippen LogP contribution in [0.4, 0.5) is 0 Å². The third-order valence-corrected chi connectivity index (χ3v) is 2.85. The fourth-order valence-corrected chi connectivity index (χ4v) is 1.66. The molecule has 1 aromatic rings. The number of furan rings is 1. The van der Waals surface area contributed by atoms with Gasteiger partial charge in [0.1, 0.15) is 11.8 Å². The third-order valence-electron chi connectivity index (χ3n) is 2.85. The maximum Gasteiger partial charge on any atom is 0.203 e. The monoisotopic (exact) mass is 220 g/mol. The second-order valence-electron chi connectivity index (χ2n) is 4.41. The van der Waals surface area contributed by atoms with Crippen LogP contribution in [0.3, 0.4) is 0 Å². The average Bonchev–Trinajstić information content (AvgIpc) is 2.74. The van der Waals surface area contributed by atoms with Crippen molar-refractivity contribution in [3.05, 3.63) is 23.7 Å². The number of nitrogens with one attached hydrogen (secondary N) is 1. The molecular weight excluding hydrogens is 200 g/mol. The zero-order valence-corrected chi connectivity index (χ0v) is 10.3. The largest absolute Gasteiger partial charge is 0.449 e. The summed E-state index contributed by atoms with van der Waals surface area (Å²) in [7, 11) is 0. The van der Waals surface area contributed by atoms with Crippen LogP contribution in [0.15, 0.2) is 16.5 Å². The Morgan fingerprint density at radius 3 is 2.75 bits per heavy atom. The number of rotatable bonds is 6. The molecule has 1 N–H and O–H groups in total. The van der Waals surface area contributed by atoms with E-state index in [0.29, 0.717) is 18.3 Å². The second-order valence-corrected chi connectivity index (χ2v) is 4.41. The van der Waals surface area contributed by atoms with Crippen molar-refractivity contribution in [2.75, 3.05) is 0 Å². The maximum atomic E-state index is 8.62. The second kappa shape index (κ2) is 6.34. The van der Waals surface area contributed by atoms with E-state index in [2.05, 4.69) is 26.1 Å². The van der Waals surface area contributed by atoms with Crippen LogP contribution < -0.4 is 5.32 Å². The molecule has 3 nitrogen and oxygen atoms in total. The Hall–Kier alpha value is -1.27. The van der Waals surface area contributed by atoms with E-state index in [1.54, 1.807) is 6.07 Å². The molecule has 0 aliphatic carbocycles. The lowest BCUT2D eigenvalue weighted by Gasteiger charge is -2.16. The Morgan fingerprint density at radius 1 is 1.44 bits per heavy atom. The standard InChI is InChI=1S/C13H20N2O/c1-4-10(2)7-11(3)15-9-13-6-5-12(8-14)16-13/h5-6,10-11,15H,4,7,9H2,1-3H3. The maximum absolute atomic E-state index is 8.62. The van der Waals surface area contributed by atoms with E-state index in [4.69, 9.17) is 9.68 Å². The number of hydrogen-bond donors (Lipinski definition) is 1. The summed E-state index contributed by atoms with van der Waals surface area (Å²) in [5.41, 5.74) is 0. The highest BCUT2D eigenvalue weighted by molar-refractivity contribution is 5.18. The van der Waals surface area contributed by atoms with Gasteiger partial charge in [-0.15, -0.1) is 0 Å². The predicted molar refractivity (Wildman–Crippen MR) is 63.8 cm³/mol. The van der Waals surface area contributed by atoms with Gasteiger partial charge in [-0.1, -0.05) is 20.3 Å². The first-order valence-corrected chi connectivity index (χ1v) is 5.87. The molecule has 88 valence electrons. The number of hydrogen-bond acceptors (Lipinski definition) is 3. The Morgan fingerprint density at radius 2 is 2.19 bits per heavy atom. The highest BCUT2D eigenvalue weighted by Crippen LogP contribution is 2.11. The van der Waals surface area contributed by atoms with Crippen LogP contribution >= 0.6 is 0 Å². The molecule has 2 atom stereocenters. The zero-order valence-electron chi connectivity index (χ0n) is 10.3. The van der Waals surface area contributed by atoms with E-state index in [0.717, 1.165) is 11.7 Å². The van der Waals surface area contributed by atoms with Gasteiger partial charge in [-0.05, 0) is 31.4 Å². The van der Waals surface area contributed by atoms with E-state index in [1.165, 1.54) is 12.8 Å².